The molecule has 0 aromatic heterocycles. The van der Waals surface area contributed by atoms with Crippen LogP contribution >= 0.6 is 0 Å². The van der Waals surface area contributed by atoms with Crippen LogP contribution in [0, 0.1) is 0 Å². The van der Waals surface area contributed by atoms with Crippen LogP contribution in [-0.2, 0) is 9.47 Å². The zero-order chi connectivity index (χ0) is 7.61. The van der Waals surface area contributed by atoms with Crippen molar-refractivity contribution in [3.8, 4) is 0 Å². The molecule has 0 aliphatic carbocycles. The molecule has 1 aliphatic heterocycles. The van der Waals surface area contributed by atoms with Crippen molar-refractivity contribution in [2.75, 3.05) is 20.3 Å². The lowest BCUT2D eigenvalue weighted by atomic mass is 10.1. The monoisotopic (exact) mass is 145 g/mol. The molecule has 1 atom stereocenters. The highest BCUT2D eigenvalue weighted by molar-refractivity contribution is 4.79. The molecule has 1 saturated heterocycles. The van der Waals surface area contributed by atoms with Gasteiger partial charge in [0.1, 0.15) is 0 Å². The minimum atomic E-state index is -0.408. The number of ether oxygens (including phenoxy) is 2. The van der Waals surface area contributed by atoms with Gasteiger partial charge in [-0.3, -0.25) is 0 Å². The first-order chi connectivity index (χ1) is 4.69. The molecule has 0 radical (unpaired) electrons. The largest absolute Gasteiger partial charge is 0.346 e. The number of likely N-dealkylation sites (N-methyl/N-ethyl adjacent to an activating group) is 1. The summed E-state index contributed by atoms with van der Waals surface area (Å²) in [7, 11) is 1.90. The van der Waals surface area contributed by atoms with E-state index in [4.69, 9.17) is 9.47 Å². The Morgan fingerprint density at radius 1 is 1.40 bits per heavy atom. The van der Waals surface area contributed by atoms with Gasteiger partial charge in [-0.15, -0.1) is 0 Å². The molecule has 1 aliphatic rings. The maximum Gasteiger partial charge on any atom is 0.180 e. The van der Waals surface area contributed by atoms with Crippen LogP contribution in [0.1, 0.15) is 13.8 Å². The van der Waals surface area contributed by atoms with Crippen LogP contribution in [0.5, 0.6) is 0 Å². The molecule has 0 saturated carbocycles. The smallest absolute Gasteiger partial charge is 0.180 e. The fourth-order valence-corrected chi connectivity index (χ4v) is 1.04. The number of nitrogens with one attached hydrogen (secondary N) is 1. The average Bonchev–Trinajstić information content (AvgIpc) is 2.36. The molecule has 0 amide bonds. The fraction of sp³-hybridized carbons (Fsp3) is 1.00. The predicted octanol–water partition coefficient (Wildman–Crippen LogP) is 0.357. The summed E-state index contributed by atoms with van der Waals surface area (Å²) in [6.45, 7) is 5.43. The van der Waals surface area contributed by atoms with Crippen molar-refractivity contribution in [2.24, 2.45) is 0 Å². The van der Waals surface area contributed by atoms with Crippen molar-refractivity contribution < 1.29 is 9.47 Å². The summed E-state index contributed by atoms with van der Waals surface area (Å²) in [5, 5.41) is 3.10. The molecule has 1 rings (SSSR count). The molecule has 10 heavy (non-hydrogen) atoms. The average molecular weight is 145 g/mol. The molecule has 1 fully saturated rings. The Balaban J connectivity index is 2.49. The van der Waals surface area contributed by atoms with Crippen molar-refractivity contribution >= 4 is 0 Å². The van der Waals surface area contributed by atoms with Crippen LogP contribution in [-0.4, -0.2) is 32.1 Å². The predicted molar refractivity (Wildman–Crippen MR) is 38.8 cm³/mol. The Morgan fingerprint density at radius 2 is 1.90 bits per heavy atom. The first-order valence-corrected chi connectivity index (χ1v) is 3.64. The summed E-state index contributed by atoms with van der Waals surface area (Å²) in [6.07, 6.45) is 0. The molecule has 3 heteroatoms. The van der Waals surface area contributed by atoms with Crippen LogP contribution in [0.25, 0.3) is 0 Å². The van der Waals surface area contributed by atoms with Crippen LogP contribution in [0.15, 0.2) is 0 Å². The normalized spacial score (nSPS) is 26.7. The van der Waals surface area contributed by atoms with E-state index in [1.807, 2.05) is 20.9 Å². The number of rotatable bonds is 2. The van der Waals surface area contributed by atoms with Gasteiger partial charge < -0.3 is 14.8 Å². The lowest BCUT2D eigenvalue weighted by Gasteiger charge is -2.28. The molecule has 1 unspecified atom stereocenters. The van der Waals surface area contributed by atoms with E-state index in [9.17, 15) is 0 Å². The molecule has 1 N–H and O–H groups in total. The maximum atomic E-state index is 5.41. The van der Waals surface area contributed by atoms with Gasteiger partial charge in [-0.2, -0.15) is 0 Å². The Labute approximate surface area is 61.7 Å². The second-order valence-corrected chi connectivity index (χ2v) is 2.72. The first kappa shape index (κ1) is 7.98. The molecule has 3 nitrogen and oxygen atoms in total. The Morgan fingerprint density at radius 3 is 2.30 bits per heavy atom. The van der Waals surface area contributed by atoms with E-state index in [2.05, 4.69) is 5.32 Å². The Hall–Kier alpha value is -0.120. The molecule has 0 bridgehead atoms. The number of hydrogen-bond donors (Lipinski definition) is 1. The summed E-state index contributed by atoms with van der Waals surface area (Å²) >= 11 is 0. The minimum absolute atomic E-state index is 0.245. The van der Waals surface area contributed by atoms with E-state index in [-0.39, 0.29) is 6.04 Å². The third-order valence-electron chi connectivity index (χ3n) is 2.08. The molecular weight excluding hydrogens is 130 g/mol. The van der Waals surface area contributed by atoms with Crippen molar-refractivity contribution in [3.63, 3.8) is 0 Å². The van der Waals surface area contributed by atoms with Gasteiger partial charge >= 0.3 is 0 Å². The van der Waals surface area contributed by atoms with E-state index in [1.165, 1.54) is 0 Å². The van der Waals surface area contributed by atoms with E-state index < -0.39 is 5.79 Å². The first-order valence-electron chi connectivity index (χ1n) is 3.64. The second-order valence-electron chi connectivity index (χ2n) is 2.72. The zero-order valence-electron chi connectivity index (χ0n) is 6.81. The highest BCUT2D eigenvalue weighted by Crippen LogP contribution is 2.21. The lowest BCUT2D eigenvalue weighted by Crippen LogP contribution is -2.46. The third kappa shape index (κ3) is 1.31. The van der Waals surface area contributed by atoms with Gasteiger partial charge in [-0.1, -0.05) is 0 Å². The zero-order valence-corrected chi connectivity index (χ0v) is 6.81. The summed E-state index contributed by atoms with van der Waals surface area (Å²) in [6, 6.07) is 0.245. The van der Waals surface area contributed by atoms with Crippen LogP contribution in [0.3, 0.4) is 0 Å². The minimum Gasteiger partial charge on any atom is -0.346 e. The fourth-order valence-electron chi connectivity index (χ4n) is 1.04. The summed E-state index contributed by atoms with van der Waals surface area (Å²) in [4.78, 5) is 0. The van der Waals surface area contributed by atoms with E-state index in [0.29, 0.717) is 13.2 Å². The molecule has 0 spiro atoms. The van der Waals surface area contributed by atoms with Crippen LogP contribution in [0.2, 0.25) is 0 Å². The van der Waals surface area contributed by atoms with Crippen LogP contribution < -0.4 is 5.32 Å². The standard InChI is InChI=1S/C7H15NO2/c1-6(8-3)7(2)9-4-5-10-7/h6,8H,4-5H2,1-3H3. The van der Waals surface area contributed by atoms with E-state index >= 15 is 0 Å². The number of hydrogen-bond acceptors (Lipinski definition) is 3. The molecule has 1 heterocycles. The Bertz CT molecular complexity index is 110. The SMILES string of the molecule is CNC(C)C1(C)OCCO1. The molecule has 0 aromatic carbocycles. The van der Waals surface area contributed by atoms with Crippen molar-refractivity contribution in [1.29, 1.82) is 0 Å². The summed E-state index contributed by atoms with van der Waals surface area (Å²) in [5.74, 6) is -0.408. The van der Waals surface area contributed by atoms with Crippen molar-refractivity contribution in [1.82, 2.24) is 5.32 Å². The van der Waals surface area contributed by atoms with E-state index in [0.717, 1.165) is 0 Å². The highest BCUT2D eigenvalue weighted by Gasteiger charge is 2.35. The summed E-state index contributed by atoms with van der Waals surface area (Å²) < 4.78 is 10.8. The molecule has 60 valence electrons. The van der Waals surface area contributed by atoms with Gasteiger partial charge in [0, 0.05) is 0 Å². The summed E-state index contributed by atoms with van der Waals surface area (Å²) in [5.41, 5.74) is 0. The van der Waals surface area contributed by atoms with E-state index in [1.54, 1.807) is 0 Å². The van der Waals surface area contributed by atoms with Gasteiger partial charge in [0.25, 0.3) is 0 Å². The Kier molecular flexibility index (Phi) is 2.28. The van der Waals surface area contributed by atoms with Gasteiger partial charge in [0.05, 0.1) is 19.3 Å². The lowest BCUT2D eigenvalue weighted by molar-refractivity contribution is -0.159. The van der Waals surface area contributed by atoms with Gasteiger partial charge in [0.2, 0.25) is 0 Å². The van der Waals surface area contributed by atoms with Gasteiger partial charge in [-0.25, -0.2) is 0 Å². The maximum absolute atomic E-state index is 5.41. The molecular formula is C7H15NO2. The topological polar surface area (TPSA) is 30.5 Å². The van der Waals surface area contributed by atoms with Gasteiger partial charge in [-0.05, 0) is 20.9 Å². The van der Waals surface area contributed by atoms with Gasteiger partial charge in [0.15, 0.2) is 5.79 Å². The van der Waals surface area contributed by atoms with Crippen molar-refractivity contribution in [2.45, 2.75) is 25.7 Å². The van der Waals surface area contributed by atoms with Crippen LogP contribution in [0.4, 0.5) is 0 Å². The van der Waals surface area contributed by atoms with Crippen molar-refractivity contribution in [3.05, 3.63) is 0 Å². The quantitative estimate of drug-likeness (QED) is 0.608. The second kappa shape index (κ2) is 2.86. The highest BCUT2D eigenvalue weighted by atomic mass is 16.7. The molecule has 0 aromatic rings. The third-order valence-corrected chi connectivity index (χ3v) is 2.08.